The highest BCUT2D eigenvalue weighted by Gasteiger charge is 2.34. The van der Waals surface area contributed by atoms with E-state index in [1.54, 1.807) is 11.0 Å². The quantitative estimate of drug-likeness (QED) is 0.844. The number of aromatic nitrogens is 1. The Bertz CT molecular complexity index is 633. The Morgan fingerprint density at radius 3 is 2.26 bits per heavy atom. The molecule has 0 aromatic carbocycles. The topological polar surface area (TPSA) is 53.5 Å². The minimum Gasteiger partial charge on any atom is -0.356 e. The lowest BCUT2D eigenvalue weighted by molar-refractivity contribution is -0.0221. The second kappa shape index (κ2) is 6.32. The lowest BCUT2D eigenvalue weighted by Gasteiger charge is -2.32. The number of anilines is 1. The number of rotatable bonds is 3. The van der Waals surface area contributed by atoms with Crippen LogP contribution in [0.2, 0.25) is 0 Å². The van der Waals surface area contributed by atoms with Crippen LogP contribution in [0.1, 0.15) is 25.7 Å². The van der Waals surface area contributed by atoms with Gasteiger partial charge in [0.05, 0.1) is 0 Å². The van der Waals surface area contributed by atoms with E-state index in [1.807, 2.05) is 0 Å². The van der Waals surface area contributed by atoms with Crippen LogP contribution >= 0.6 is 0 Å². The summed E-state index contributed by atoms with van der Waals surface area (Å²) >= 11 is 0. The van der Waals surface area contributed by atoms with Crippen molar-refractivity contribution in [1.82, 2.24) is 9.29 Å². The molecule has 0 saturated carbocycles. The van der Waals surface area contributed by atoms with Gasteiger partial charge in [-0.25, -0.2) is 22.2 Å². The van der Waals surface area contributed by atoms with Gasteiger partial charge in [0, 0.05) is 45.2 Å². The number of piperidine rings is 2. The summed E-state index contributed by atoms with van der Waals surface area (Å²) in [5.74, 6) is -2.06. The van der Waals surface area contributed by atoms with E-state index in [0.717, 1.165) is 12.8 Å². The van der Waals surface area contributed by atoms with E-state index >= 15 is 0 Å². The monoisotopic (exact) mass is 344 g/mol. The Balaban J connectivity index is 1.72. The molecule has 2 saturated heterocycles. The molecule has 3 rings (SSSR count). The minimum absolute atomic E-state index is 0.158. The number of pyridine rings is 1. The lowest BCUT2D eigenvalue weighted by atomic mass is 10.1. The van der Waals surface area contributed by atoms with E-state index in [9.17, 15) is 17.2 Å². The summed E-state index contributed by atoms with van der Waals surface area (Å²) in [6.45, 7) is 1.44. The number of hydrogen-bond donors (Lipinski definition) is 0. The minimum atomic E-state index is -3.52. The van der Waals surface area contributed by atoms with Crippen LogP contribution in [-0.2, 0) is 10.0 Å². The smallest absolute Gasteiger partial charge is 0.251 e. The highest BCUT2D eigenvalue weighted by molar-refractivity contribution is 7.89. The van der Waals surface area contributed by atoms with Gasteiger partial charge in [-0.2, -0.15) is 4.31 Å². The lowest BCUT2D eigenvalue weighted by Crippen LogP contribution is -2.39. The predicted octanol–water partition coefficient (Wildman–Crippen LogP) is 2.31. The summed E-state index contributed by atoms with van der Waals surface area (Å²) in [5.41, 5.74) is 0. The molecule has 0 spiro atoms. The van der Waals surface area contributed by atoms with Gasteiger partial charge < -0.3 is 4.90 Å². The van der Waals surface area contributed by atoms with Gasteiger partial charge in [0.1, 0.15) is 10.7 Å². The van der Waals surface area contributed by atoms with Crippen molar-refractivity contribution in [2.75, 3.05) is 31.1 Å². The van der Waals surface area contributed by atoms with Gasteiger partial charge >= 0.3 is 0 Å². The molecule has 1 aromatic rings. The van der Waals surface area contributed by atoms with Crippen molar-refractivity contribution in [3.63, 3.8) is 0 Å². The molecular weight excluding hydrogens is 324 g/mol. The molecule has 2 aliphatic heterocycles. The van der Waals surface area contributed by atoms with Crippen LogP contribution in [0.5, 0.6) is 0 Å². The molecule has 0 N–H and O–H groups in total. The summed E-state index contributed by atoms with van der Waals surface area (Å²) < 4.78 is 52.9. The molecule has 0 bridgehead atoms. The Labute approximate surface area is 135 Å². The first-order valence-corrected chi connectivity index (χ1v) is 9.23. The van der Waals surface area contributed by atoms with Gasteiger partial charge in [-0.15, -0.1) is 0 Å². The van der Waals surface area contributed by atoms with Crippen molar-refractivity contribution in [2.45, 2.75) is 36.5 Å². The van der Waals surface area contributed by atoms with Crippen LogP contribution in [0.25, 0.3) is 0 Å². The SMILES string of the molecule is O=S(=O)(c1ccc(N2CCC(F)(F)CC2)nc1)N1CC[CH]CC1. The molecule has 0 amide bonds. The molecule has 2 fully saturated rings. The molecule has 0 atom stereocenters. The first-order valence-electron chi connectivity index (χ1n) is 7.79. The summed E-state index contributed by atoms with van der Waals surface area (Å²) in [4.78, 5) is 6.10. The average molecular weight is 344 g/mol. The fourth-order valence-corrected chi connectivity index (χ4v) is 4.31. The van der Waals surface area contributed by atoms with Crippen molar-refractivity contribution >= 4 is 15.8 Å². The zero-order chi connectivity index (χ0) is 16.5. The van der Waals surface area contributed by atoms with Gasteiger partial charge in [0.2, 0.25) is 10.0 Å². The second-order valence-corrected chi connectivity index (χ2v) is 7.90. The summed E-state index contributed by atoms with van der Waals surface area (Å²) in [7, 11) is -3.52. The second-order valence-electron chi connectivity index (χ2n) is 5.97. The van der Waals surface area contributed by atoms with Crippen LogP contribution in [0, 0.1) is 6.42 Å². The Hall–Kier alpha value is -1.28. The van der Waals surface area contributed by atoms with Gasteiger partial charge in [-0.1, -0.05) is 0 Å². The maximum atomic E-state index is 13.2. The molecule has 23 heavy (non-hydrogen) atoms. The molecule has 1 aromatic heterocycles. The summed E-state index contributed by atoms with van der Waals surface area (Å²) in [5, 5.41) is 0. The fourth-order valence-electron chi connectivity index (χ4n) is 2.89. The van der Waals surface area contributed by atoms with E-state index in [1.165, 1.54) is 16.6 Å². The van der Waals surface area contributed by atoms with Crippen LogP contribution in [0.15, 0.2) is 23.2 Å². The Morgan fingerprint density at radius 2 is 1.70 bits per heavy atom. The van der Waals surface area contributed by atoms with Crippen molar-refractivity contribution in [3.8, 4) is 0 Å². The zero-order valence-corrected chi connectivity index (χ0v) is 13.6. The van der Waals surface area contributed by atoms with E-state index < -0.39 is 15.9 Å². The molecular formula is C15H20F2N3O2S. The van der Waals surface area contributed by atoms with Gasteiger partial charge in [0.15, 0.2) is 0 Å². The molecule has 1 radical (unpaired) electrons. The number of halogens is 2. The zero-order valence-electron chi connectivity index (χ0n) is 12.8. The van der Waals surface area contributed by atoms with Gasteiger partial charge in [-0.3, -0.25) is 0 Å². The highest BCUT2D eigenvalue weighted by atomic mass is 32.2. The molecule has 8 heteroatoms. The maximum Gasteiger partial charge on any atom is 0.251 e. The summed E-state index contributed by atoms with van der Waals surface area (Å²) in [6, 6.07) is 3.12. The molecule has 2 aliphatic rings. The van der Waals surface area contributed by atoms with Crippen LogP contribution in [0.3, 0.4) is 0 Å². The maximum absolute atomic E-state index is 13.2. The largest absolute Gasteiger partial charge is 0.356 e. The van der Waals surface area contributed by atoms with Crippen molar-refractivity contribution < 1.29 is 17.2 Å². The third-order valence-corrected chi connectivity index (χ3v) is 6.22. The molecule has 3 heterocycles. The number of alkyl halides is 2. The van der Waals surface area contributed by atoms with Gasteiger partial charge in [0.25, 0.3) is 5.92 Å². The third kappa shape index (κ3) is 3.63. The predicted molar refractivity (Wildman–Crippen MR) is 82.9 cm³/mol. The Morgan fingerprint density at radius 1 is 1.04 bits per heavy atom. The van der Waals surface area contributed by atoms with E-state index in [4.69, 9.17) is 0 Å². The van der Waals surface area contributed by atoms with Gasteiger partial charge in [-0.05, 0) is 31.4 Å². The van der Waals surface area contributed by atoms with E-state index in [0.29, 0.717) is 18.9 Å². The number of hydrogen-bond acceptors (Lipinski definition) is 4. The average Bonchev–Trinajstić information content (AvgIpc) is 2.56. The van der Waals surface area contributed by atoms with E-state index in [2.05, 4.69) is 11.4 Å². The Kier molecular flexibility index (Phi) is 4.55. The molecule has 127 valence electrons. The third-order valence-electron chi connectivity index (χ3n) is 4.34. The van der Waals surface area contributed by atoms with Crippen molar-refractivity contribution in [3.05, 3.63) is 24.8 Å². The van der Waals surface area contributed by atoms with Crippen LogP contribution in [0.4, 0.5) is 14.6 Å². The summed E-state index contributed by atoms with van der Waals surface area (Å²) in [6.07, 6.45) is 4.53. The normalized spacial score (nSPS) is 23.0. The fraction of sp³-hybridized carbons (Fsp3) is 0.600. The first kappa shape index (κ1) is 16.6. The first-order chi connectivity index (χ1) is 10.9. The molecule has 5 nitrogen and oxygen atoms in total. The van der Waals surface area contributed by atoms with Crippen LogP contribution in [-0.4, -0.2) is 49.8 Å². The highest BCUT2D eigenvalue weighted by Crippen LogP contribution is 2.30. The number of sulfonamides is 1. The van der Waals surface area contributed by atoms with E-state index in [-0.39, 0.29) is 30.8 Å². The molecule has 0 aliphatic carbocycles. The number of nitrogens with zero attached hydrogens (tertiary/aromatic N) is 3. The standard InChI is InChI=1S/C15H20F2N3O2S/c16-15(17)6-10-19(11-7-15)14-5-4-13(12-18-14)23(21,22)20-8-2-1-3-9-20/h1,4-5,12H,2-3,6-11H2. The van der Waals surface area contributed by atoms with Crippen LogP contribution < -0.4 is 4.90 Å². The van der Waals surface area contributed by atoms with Crippen molar-refractivity contribution in [1.29, 1.82) is 0 Å². The molecule has 0 unspecified atom stereocenters. The van der Waals surface area contributed by atoms with Crippen molar-refractivity contribution in [2.24, 2.45) is 0 Å².